The van der Waals surface area contributed by atoms with E-state index in [9.17, 15) is 9.59 Å². The Bertz CT molecular complexity index is 547. The Balaban J connectivity index is 2.50. The van der Waals surface area contributed by atoms with Gasteiger partial charge in [0, 0.05) is 6.04 Å². The Kier molecular flexibility index (Phi) is 3.95. The second kappa shape index (κ2) is 5.31. The molecule has 1 saturated carbocycles. The van der Waals surface area contributed by atoms with Crippen molar-refractivity contribution in [2.45, 2.75) is 52.0 Å². The van der Waals surface area contributed by atoms with Gasteiger partial charge in [-0.1, -0.05) is 31.9 Å². The fraction of sp³-hybridized carbons (Fsp3) is 0.692. The van der Waals surface area contributed by atoms with E-state index in [1.807, 2.05) is 6.92 Å². The van der Waals surface area contributed by atoms with Crippen LogP contribution in [0.2, 0.25) is 5.15 Å². The average Bonchev–Trinajstić information content (AvgIpc) is 2.70. The third-order valence-corrected chi connectivity index (χ3v) is 4.03. The van der Waals surface area contributed by atoms with Crippen LogP contribution in [0.5, 0.6) is 0 Å². The Hall–Kier alpha value is -1.03. The van der Waals surface area contributed by atoms with E-state index in [1.54, 1.807) is 0 Å². The fourth-order valence-corrected chi connectivity index (χ4v) is 3.03. The highest BCUT2D eigenvalue weighted by atomic mass is 35.5. The smallest absolute Gasteiger partial charge is 0.297 e. The number of hydrogen-bond donors (Lipinski definition) is 1. The molecule has 1 aliphatic rings. The minimum atomic E-state index is -0.371. The minimum absolute atomic E-state index is 0.0316. The molecule has 2 rings (SSSR count). The van der Waals surface area contributed by atoms with E-state index >= 15 is 0 Å². The van der Waals surface area contributed by atoms with E-state index in [-0.39, 0.29) is 22.4 Å². The van der Waals surface area contributed by atoms with Crippen molar-refractivity contribution in [2.24, 2.45) is 5.92 Å². The highest BCUT2D eigenvalue weighted by molar-refractivity contribution is 6.30. The predicted octanol–water partition coefficient (Wildman–Crippen LogP) is 2.50. The summed E-state index contributed by atoms with van der Waals surface area (Å²) >= 11 is 5.95. The molecular formula is C13H19ClN2O2. The number of aromatic nitrogens is 2. The molecule has 1 aromatic rings. The minimum Gasteiger partial charge on any atom is -0.297 e. The first-order valence-electron chi connectivity index (χ1n) is 6.57. The highest BCUT2D eigenvalue weighted by Crippen LogP contribution is 2.32. The number of hydrogen-bond acceptors (Lipinski definition) is 2. The predicted molar refractivity (Wildman–Crippen MR) is 72.4 cm³/mol. The van der Waals surface area contributed by atoms with Gasteiger partial charge in [-0.15, -0.1) is 0 Å². The van der Waals surface area contributed by atoms with Crippen LogP contribution in [0.15, 0.2) is 9.59 Å². The molecule has 0 aromatic carbocycles. The second-order valence-corrected chi connectivity index (χ2v) is 5.60. The lowest BCUT2D eigenvalue weighted by atomic mass is 10.1. The maximum absolute atomic E-state index is 12.4. The summed E-state index contributed by atoms with van der Waals surface area (Å²) in [7, 11) is 0. The number of H-pyrrole nitrogens is 1. The molecule has 0 radical (unpaired) electrons. The van der Waals surface area contributed by atoms with Gasteiger partial charge in [0.1, 0.15) is 5.15 Å². The SMILES string of the molecule is CCCc1c(Cl)[nH]c(=O)n(C2CCC(C)C2)c1=O. The summed E-state index contributed by atoms with van der Waals surface area (Å²) in [4.78, 5) is 26.9. The number of aromatic amines is 1. The largest absolute Gasteiger partial charge is 0.329 e. The molecule has 1 heterocycles. The number of nitrogens with zero attached hydrogens (tertiary/aromatic N) is 1. The summed E-state index contributed by atoms with van der Waals surface area (Å²) in [5.74, 6) is 0.576. The van der Waals surface area contributed by atoms with Crippen LogP contribution in [0.1, 0.15) is 51.1 Å². The first kappa shape index (κ1) is 13.4. The summed E-state index contributed by atoms with van der Waals surface area (Å²) < 4.78 is 1.38. The quantitative estimate of drug-likeness (QED) is 0.858. The molecule has 5 heteroatoms. The second-order valence-electron chi connectivity index (χ2n) is 5.22. The zero-order valence-corrected chi connectivity index (χ0v) is 11.6. The third kappa shape index (κ3) is 2.39. The van der Waals surface area contributed by atoms with Crippen molar-refractivity contribution >= 4 is 11.6 Å². The van der Waals surface area contributed by atoms with Gasteiger partial charge in [0.15, 0.2) is 0 Å². The normalized spacial score (nSPS) is 23.5. The molecule has 1 aromatic heterocycles. The first-order chi connectivity index (χ1) is 8.54. The Morgan fingerprint density at radius 3 is 2.67 bits per heavy atom. The molecule has 100 valence electrons. The van der Waals surface area contributed by atoms with Gasteiger partial charge in [0.2, 0.25) is 0 Å². The van der Waals surface area contributed by atoms with Gasteiger partial charge >= 0.3 is 5.69 Å². The standard InChI is InChI=1S/C13H19ClN2O2/c1-3-4-10-11(14)15-13(18)16(12(10)17)9-6-5-8(2)7-9/h8-9H,3-7H2,1-2H3,(H,15,18). The number of rotatable bonds is 3. The molecule has 0 bridgehead atoms. The lowest BCUT2D eigenvalue weighted by molar-refractivity contribution is 0.457. The van der Waals surface area contributed by atoms with Crippen molar-refractivity contribution in [1.82, 2.24) is 9.55 Å². The summed E-state index contributed by atoms with van der Waals surface area (Å²) in [6.07, 6.45) is 4.31. The maximum atomic E-state index is 12.4. The van der Waals surface area contributed by atoms with Crippen molar-refractivity contribution < 1.29 is 0 Å². The lowest BCUT2D eigenvalue weighted by Gasteiger charge is -2.14. The molecule has 18 heavy (non-hydrogen) atoms. The van der Waals surface area contributed by atoms with Crippen LogP contribution < -0.4 is 11.2 Å². The topological polar surface area (TPSA) is 54.9 Å². The average molecular weight is 271 g/mol. The van der Waals surface area contributed by atoms with Crippen molar-refractivity contribution in [2.75, 3.05) is 0 Å². The van der Waals surface area contributed by atoms with Crippen LogP contribution in [0.4, 0.5) is 0 Å². The van der Waals surface area contributed by atoms with Crippen LogP contribution in [0, 0.1) is 5.92 Å². The zero-order valence-electron chi connectivity index (χ0n) is 10.8. The monoisotopic (exact) mass is 270 g/mol. The van der Waals surface area contributed by atoms with Gasteiger partial charge in [0.05, 0.1) is 5.56 Å². The van der Waals surface area contributed by atoms with Crippen LogP contribution in [-0.4, -0.2) is 9.55 Å². The van der Waals surface area contributed by atoms with Crippen LogP contribution in [0.3, 0.4) is 0 Å². The van der Waals surface area contributed by atoms with E-state index in [2.05, 4.69) is 11.9 Å². The molecule has 1 fully saturated rings. The molecule has 0 aliphatic heterocycles. The van der Waals surface area contributed by atoms with Gasteiger partial charge in [0.25, 0.3) is 5.56 Å². The zero-order chi connectivity index (χ0) is 13.3. The van der Waals surface area contributed by atoms with E-state index in [0.717, 1.165) is 25.7 Å². The molecule has 0 spiro atoms. The third-order valence-electron chi connectivity index (χ3n) is 3.71. The van der Waals surface area contributed by atoms with Crippen molar-refractivity contribution in [3.05, 3.63) is 31.6 Å². The Morgan fingerprint density at radius 1 is 1.39 bits per heavy atom. The maximum Gasteiger partial charge on any atom is 0.329 e. The van der Waals surface area contributed by atoms with Gasteiger partial charge in [-0.2, -0.15) is 0 Å². The van der Waals surface area contributed by atoms with Gasteiger partial charge in [-0.3, -0.25) is 14.3 Å². The first-order valence-corrected chi connectivity index (χ1v) is 6.95. The van der Waals surface area contributed by atoms with Crippen molar-refractivity contribution in [3.8, 4) is 0 Å². The van der Waals surface area contributed by atoms with Crippen molar-refractivity contribution in [3.63, 3.8) is 0 Å². The highest BCUT2D eigenvalue weighted by Gasteiger charge is 2.26. The van der Waals surface area contributed by atoms with E-state index < -0.39 is 0 Å². The fourth-order valence-electron chi connectivity index (χ4n) is 2.77. The summed E-state index contributed by atoms with van der Waals surface area (Å²) in [5, 5.41) is 0.203. The summed E-state index contributed by atoms with van der Waals surface area (Å²) in [6, 6.07) is 0.0316. The molecule has 4 nitrogen and oxygen atoms in total. The molecule has 1 N–H and O–H groups in total. The van der Waals surface area contributed by atoms with Crippen LogP contribution in [-0.2, 0) is 6.42 Å². The lowest BCUT2D eigenvalue weighted by Crippen LogP contribution is -2.39. The summed E-state index contributed by atoms with van der Waals surface area (Å²) in [5.41, 5.74) is -0.0352. The van der Waals surface area contributed by atoms with E-state index in [1.165, 1.54) is 4.57 Å². The van der Waals surface area contributed by atoms with Gasteiger partial charge in [-0.25, -0.2) is 4.79 Å². The number of halogens is 1. The molecule has 2 unspecified atom stereocenters. The van der Waals surface area contributed by atoms with Crippen LogP contribution >= 0.6 is 11.6 Å². The van der Waals surface area contributed by atoms with E-state index in [0.29, 0.717) is 17.9 Å². The Morgan fingerprint density at radius 2 is 2.11 bits per heavy atom. The van der Waals surface area contributed by atoms with Crippen molar-refractivity contribution in [1.29, 1.82) is 0 Å². The van der Waals surface area contributed by atoms with Crippen LogP contribution in [0.25, 0.3) is 0 Å². The molecule has 2 atom stereocenters. The van der Waals surface area contributed by atoms with E-state index in [4.69, 9.17) is 11.6 Å². The van der Waals surface area contributed by atoms with Gasteiger partial charge in [-0.05, 0) is 31.6 Å². The van der Waals surface area contributed by atoms with Gasteiger partial charge < -0.3 is 0 Å². The number of nitrogens with one attached hydrogen (secondary N) is 1. The Labute approximate surface area is 111 Å². The summed E-state index contributed by atoms with van der Waals surface area (Å²) in [6.45, 7) is 4.14. The molecule has 0 amide bonds. The molecule has 0 saturated heterocycles. The molecular weight excluding hydrogens is 252 g/mol. The molecule has 1 aliphatic carbocycles.